The lowest BCUT2D eigenvalue weighted by atomic mass is 10.0. The van der Waals surface area contributed by atoms with Crippen molar-refractivity contribution in [1.29, 1.82) is 0 Å². The number of nitrogens with zero attached hydrogens (tertiary/aromatic N) is 2. The molecular weight excluding hydrogens is 304 g/mol. The first-order valence-corrected chi connectivity index (χ1v) is 8.93. The molecule has 24 heavy (non-hydrogen) atoms. The Labute approximate surface area is 144 Å². The zero-order valence-electron chi connectivity index (χ0n) is 14.7. The molecule has 1 aromatic carbocycles. The van der Waals surface area contributed by atoms with Crippen molar-refractivity contribution in [3.05, 3.63) is 29.8 Å². The number of hydrogen-bond donors (Lipinski definition) is 0. The predicted molar refractivity (Wildman–Crippen MR) is 93.5 cm³/mol. The van der Waals surface area contributed by atoms with E-state index in [1.54, 1.807) is 7.11 Å². The molecule has 5 heteroatoms. The summed E-state index contributed by atoms with van der Waals surface area (Å²) in [5.41, 5.74) is 0.720. The van der Waals surface area contributed by atoms with Crippen LogP contribution in [0.3, 0.4) is 0 Å². The first-order chi connectivity index (χ1) is 11.7. The second-order valence-corrected chi connectivity index (χ2v) is 6.77. The van der Waals surface area contributed by atoms with Crippen LogP contribution < -0.4 is 4.74 Å². The summed E-state index contributed by atoms with van der Waals surface area (Å²) in [5, 5.41) is 0. The summed E-state index contributed by atoms with van der Waals surface area (Å²) in [5.74, 6) is 0.863. The maximum atomic E-state index is 13.0. The molecule has 3 rings (SSSR count). The standard InChI is InChI=1S/C19H28N2O3/c1-20-10-4-8-17(20)18-9-5-11-21(18)19(22)15-6-3-7-16(14-15)24-13-12-23-2/h3,6-7,14,17-18H,4-5,8-13H2,1-2H3/t17-,18-/m0/s1. The molecule has 0 spiro atoms. The molecule has 0 aromatic heterocycles. The van der Waals surface area contributed by atoms with Crippen molar-refractivity contribution < 1.29 is 14.3 Å². The van der Waals surface area contributed by atoms with Crippen LogP contribution in [0.4, 0.5) is 0 Å². The van der Waals surface area contributed by atoms with Crippen molar-refractivity contribution in [2.24, 2.45) is 0 Å². The number of benzene rings is 1. The van der Waals surface area contributed by atoms with Gasteiger partial charge in [0, 0.05) is 31.3 Å². The third-order valence-corrected chi connectivity index (χ3v) is 5.22. The van der Waals surface area contributed by atoms with E-state index in [1.807, 2.05) is 24.3 Å². The topological polar surface area (TPSA) is 42.0 Å². The van der Waals surface area contributed by atoms with Gasteiger partial charge < -0.3 is 19.3 Å². The van der Waals surface area contributed by atoms with E-state index in [0.29, 0.717) is 25.3 Å². The molecular formula is C19H28N2O3. The highest BCUT2D eigenvalue weighted by molar-refractivity contribution is 5.95. The van der Waals surface area contributed by atoms with Gasteiger partial charge in [-0.2, -0.15) is 0 Å². The molecule has 0 bridgehead atoms. The quantitative estimate of drug-likeness (QED) is 0.750. The highest BCUT2D eigenvalue weighted by Crippen LogP contribution is 2.30. The summed E-state index contributed by atoms with van der Waals surface area (Å²) in [6.45, 7) is 3.04. The van der Waals surface area contributed by atoms with Gasteiger partial charge >= 0.3 is 0 Å². The lowest BCUT2D eigenvalue weighted by Crippen LogP contribution is -2.47. The van der Waals surface area contributed by atoms with E-state index in [0.717, 1.165) is 37.2 Å². The van der Waals surface area contributed by atoms with Crippen LogP contribution in [0.2, 0.25) is 0 Å². The lowest BCUT2D eigenvalue weighted by Gasteiger charge is -2.33. The smallest absolute Gasteiger partial charge is 0.254 e. The Morgan fingerprint density at radius 1 is 1.17 bits per heavy atom. The first kappa shape index (κ1) is 17.2. The zero-order chi connectivity index (χ0) is 16.9. The van der Waals surface area contributed by atoms with Crippen molar-refractivity contribution >= 4 is 5.91 Å². The fraction of sp³-hybridized carbons (Fsp3) is 0.632. The number of carbonyl (C=O) groups is 1. The van der Waals surface area contributed by atoms with Gasteiger partial charge in [0.2, 0.25) is 0 Å². The van der Waals surface area contributed by atoms with E-state index < -0.39 is 0 Å². The number of rotatable bonds is 6. The van der Waals surface area contributed by atoms with E-state index in [4.69, 9.17) is 9.47 Å². The molecule has 0 radical (unpaired) electrons. The van der Waals surface area contributed by atoms with Crippen molar-refractivity contribution in [2.75, 3.05) is 40.5 Å². The van der Waals surface area contributed by atoms with Crippen LogP contribution in [0.25, 0.3) is 0 Å². The van der Waals surface area contributed by atoms with Crippen LogP contribution in [-0.2, 0) is 4.74 Å². The third-order valence-electron chi connectivity index (χ3n) is 5.22. The number of amides is 1. The predicted octanol–water partition coefficient (Wildman–Crippen LogP) is 2.41. The highest BCUT2D eigenvalue weighted by Gasteiger charge is 2.38. The molecule has 0 aliphatic carbocycles. The van der Waals surface area contributed by atoms with Crippen molar-refractivity contribution in [2.45, 2.75) is 37.8 Å². The van der Waals surface area contributed by atoms with Gasteiger partial charge in [0.05, 0.1) is 6.61 Å². The lowest BCUT2D eigenvalue weighted by molar-refractivity contribution is 0.0664. The summed E-state index contributed by atoms with van der Waals surface area (Å²) in [6.07, 6.45) is 4.66. The molecule has 5 nitrogen and oxygen atoms in total. The largest absolute Gasteiger partial charge is 0.491 e. The van der Waals surface area contributed by atoms with Crippen molar-refractivity contribution in [3.63, 3.8) is 0 Å². The normalized spacial score (nSPS) is 24.5. The molecule has 0 N–H and O–H groups in total. The van der Waals surface area contributed by atoms with Gasteiger partial charge in [0.25, 0.3) is 5.91 Å². The Balaban J connectivity index is 1.69. The number of likely N-dealkylation sites (N-methyl/N-ethyl adjacent to an activating group) is 1. The molecule has 2 aliphatic heterocycles. The minimum absolute atomic E-state index is 0.134. The van der Waals surface area contributed by atoms with Gasteiger partial charge in [-0.05, 0) is 57.5 Å². The van der Waals surface area contributed by atoms with Gasteiger partial charge in [-0.1, -0.05) is 6.07 Å². The number of likely N-dealkylation sites (tertiary alicyclic amines) is 2. The van der Waals surface area contributed by atoms with E-state index >= 15 is 0 Å². The molecule has 2 fully saturated rings. The minimum Gasteiger partial charge on any atom is -0.491 e. The number of hydrogen-bond acceptors (Lipinski definition) is 4. The molecule has 2 heterocycles. The van der Waals surface area contributed by atoms with Crippen molar-refractivity contribution in [1.82, 2.24) is 9.80 Å². The minimum atomic E-state index is 0.134. The van der Waals surface area contributed by atoms with Gasteiger partial charge in [0.1, 0.15) is 12.4 Å². The molecule has 1 amide bonds. The van der Waals surface area contributed by atoms with Crippen LogP contribution in [0.15, 0.2) is 24.3 Å². The highest BCUT2D eigenvalue weighted by atomic mass is 16.5. The number of carbonyl (C=O) groups excluding carboxylic acids is 1. The number of ether oxygens (including phenoxy) is 2. The van der Waals surface area contributed by atoms with Crippen LogP contribution in [0, 0.1) is 0 Å². The SMILES string of the molecule is COCCOc1cccc(C(=O)N2CCC[C@H]2[C@@H]2CCCN2C)c1. The van der Waals surface area contributed by atoms with Crippen LogP contribution >= 0.6 is 0 Å². The second kappa shape index (κ2) is 7.99. The molecule has 2 aliphatic rings. The van der Waals surface area contributed by atoms with Gasteiger partial charge in [-0.15, -0.1) is 0 Å². The summed E-state index contributed by atoms with van der Waals surface area (Å²) in [6, 6.07) is 8.38. The van der Waals surface area contributed by atoms with E-state index in [2.05, 4.69) is 16.8 Å². The average molecular weight is 332 g/mol. The monoisotopic (exact) mass is 332 g/mol. The Bertz CT molecular complexity index is 563. The maximum absolute atomic E-state index is 13.0. The van der Waals surface area contributed by atoms with Gasteiger partial charge in [-0.3, -0.25) is 4.79 Å². The fourth-order valence-electron chi connectivity index (χ4n) is 3.99. The van der Waals surface area contributed by atoms with Gasteiger partial charge in [0.15, 0.2) is 0 Å². The summed E-state index contributed by atoms with van der Waals surface area (Å²) < 4.78 is 10.6. The average Bonchev–Trinajstić information content (AvgIpc) is 3.23. The molecule has 2 atom stereocenters. The maximum Gasteiger partial charge on any atom is 0.254 e. The first-order valence-electron chi connectivity index (χ1n) is 8.93. The van der Waals surface area contributed by atoms with Gasteiger partial charge in [-0.25, -0.2) is 0 Å². The molecule has 1 aromatic rings. The van der Waals surface area contributed by atoms with E-state index in [9.17, 15) is 4.79 Å². The fourth-order valence-corrected chi connectivity index (χ4v) is 3.99. The Morgan fingerprint density at radius 2 is 1.96 bits per heavy atom. The van der Waals surface area contributed by atoms with Crippen LogP contribution in [-0.4, -0.2) is 68.3 Å². The Hall–Kier alpha value is -1.59. The summed E-state index contributed by atoms with van der Waals surface area (Å²) in [4.78, 5) is 17.5. The molecule has 2 saturated heterocycles. The molecule has 0 saturated carbocycles. The Morgan fingerprint density at radius 3 is 2.71 bits per heavy atom. The van der Waals surface area contributed by atoms with Crippen LogP contribution in [0.5, 0.6) is 5.75 Å². The summed E-state index contributed by atoms with van der Waals surface area (Å²) in [7, 11) is 3.83. The third kappa shape index (κ3) is 3.73. The van der Waals surface area contributed by atoms with Crippen molar-refractivity contribution in [3.8, 4) is 5.75 Å². The Kier molecular flexibility index (Phi) is 5.74. The number of methoxy groups -OCH3 is 1. The second-order valence-electron chi connectivity index (χ2n) is 6.77. The summed E-state index contributed by atoms with van der Waals surface area (Å²) >= 11 is 0. The molecule has 132 valence electrons. The van der Waals surface area contributed by atoms with Crippen LogP contribution in [0.1, 0.15) is 36.0 Å². The zero-order valence-corrected chi connectivity index (χ0v) is 14.7. The molecule has 0 unspecified atom stereocenters. The van der Waals surface area contributed by atoms with E-state index in [1.165, 1.54) is 12.8 Å². The van der Waals surface area contributed by atoms with E-state index in [-0.39, 0.29) is 5.91 Å².